The maximum absolute atomic E-state index is 15.6. The van der Waals surface area contributed by atoms with Crippen LogP contribution in [0.5, 0.6) is 0 Å². The lowest BCUT2D eigenvalue weighted by molar-refractivity contribution is 0.583. The molecule has 4 heteroatoms. The first kappa shape index (κ1) is 38.1. The van der Waals surface area contributed by atoms with E-state index < -0.39 is 23.3 Å². The first-order chi connectivity index (χ1) is 33.4. The van der Waals surface area contributed by atoms with Crippen molar-refractivity contribution in [3.05, 3.63) is 251 Å². The molecule has 68 heavy (non-hydrogen) atoms. The van der Waals surface area contributed by atoms with Crippen molar-refractivity contribution in [2.24, 2.45) is 23.7 Å². The zero-order chi connectivity index (χ0) is 45.1. The largest absolute Gasteiger partial charge is 0.207 e. The molecule has 0 nitrogen and oxygen atoms in total. The Bertz CT molecular complexity index is 3650. The molecule has 8 aromatic rings. The van der Waals surface area contributed by atoms with Crippen molar-refractivity contribution in [2.75, 3.05) is 0 Å². The number of rotatable bonds is 4. The molecule has 7 aliphatic rings. The van der Waals surface area contributed by atoms with Gasteiger partial charge in [0, 0.05) is 35.8 Å². The minimum atomic E-state index is -0.674. The lowest BCUT2D eigenvalue weighted by Gasteiger charge is -2.31. The summed E-state index contributed by atoms with van der Waals surface area (Å²) in [6, 6.07) is 42.2. The fraction of sp³-hybridized carbons (Fsp3) is 0.0625. The number of fused-ring (bicyclic) bond motifs is 11. The number of benzene rings is 8. The van der Waals surface area contributed by atoms with Gasteiger partial charge in [0.05, 0.1) is 0 Å². The number of hydrogen-bond donors (Lipinski definition) is 0. The van der Waals surface area contributed by atoms with Crippen molar-refractivity contribution in [1.82, 2.24) is 0 Å². The summed E-state index contributed by atoms with van der Waals surface area (Å²) in [7, 11) is 0. The van der Waals surface area contributed by atoms with Crippen LogP contribution in [0.3, 0.4) is 0 Å². The van der Waals surface area contributed by atoms with Crippen molar-refractivity contribution < 1.29 is 17.6 Å². The van der Waals surface area contributed by atoms with Gasteiger partial charge >= 0.3 is 0 Å². The molecule has 0 radical (unpaired) electrons. The fourth-order valence-electron chi connectivity index (χ4n) is 13.4. The van der Waals surface area contributed by atoms with Crippen LogP contribution in [0, 0.1) is 46.9 Å². The highest BCUT2D eigenvalue weighted by Crippen LogP contribution is 2.67. The summed E-state index contributed by atoms with van der Waals surface area (Å²) in [5.74, 6) is -2.73. The third-order valence-electron chi connectivity index (χ3n) is 15.7. The van der Waals surface area contributed by atoms with Gasteiger partial charge in [-0.05, 0) is 169 Å². The molecule has 0 saturated heterocycles. The van der Waals surface area contributed by atoms with E-state index in [1.54, 1.807) is 0 Å². The second kappa shape index (κ2) is 13.7. The molecule has 0 bridgehead atoms. The minimum absolute atomic E-state index is 0.0110. The minimum Gasteiger partial charge on any atom is -0.207 e. The van der Waals surface area contributed by atoms with Crippen molar-refractivity contribution >= 4 is 55.0 Å². The summed E-state index contributed by atoms with van der Waals surface area (Å²) in [4.78, 5) is 0. The third-order valence-corrected chi connectivity index (χ3v) is 15.7. The van der Waals surface area contributed by atoms with Gasteiger partial charge in [-0.3, -0.25) is 0 Å². The van der Waals surface area contributed by atoms with Gasteiger partial charge in [0.15, 0.2) is 0 Å². The SMILES string of the molecule is Fc1cc(F)cc(-c2c3c(c(-c4cc(F)cc(F)c4)c4cc5c(cc24)C2=CC=C4c6c(c(-c7ccccc7)c7ccccc7c6-c6ccccc6)C6=CC=C5C2C46)C2=CC=CC4C=CC=C3C24)c1. The van der Waals surface area contributed by atoms with Crippen LogP contribution in [-0.2, 0) is 0 Å². The van der Waals surface area contributed by atoms with Crippen LogP contribution < -0.4 is 0 Å². The van der Waals surface area contributed by atoms with Gasteiger partial charge in [-0.2, -0.15) is 0 Å². The molecule has 8 aromatic carbocycles. The van der Waals surface area contributed by atoms with Crippen molar-refractivity contribution in [3.63, 3.8) is 0 Å². The van der Waals surface area contributed by atoms with Crippen LogP contribution in [0.1, 0.15) is 33.4 Å². The summed E-state index contributed by atoms with van der Waals surface area (Å²) >= 11 is 0. The molecule has 15 rings (SSSR count). The highest BCUT2D eigenvalue weighted by Gasteiger charge is 2.50. The molecule has 320 valence electrons. The zero-order valence-electron chi connectivity index (χ0n) is 36.3. The van der Waals surface area contributed by atoms with Gasteiger partial charge in [-0.1, -0.05) is 146 Å². The third kappa shape index (κ3) is 5.04. The van der Waals surface area contributed by atoms with E-state index in [1.165, 1.54) is 90.7 Å². The molecule has 0 atom stereocenters. The highest BCUT2D eigenvalue weighted by molar-refractivity contribution is 6.23. The maximum atomic E-state index is 15.6. The van der Waals surface area contributed by atoms with Crippen LogP contribution >= 0.6 is 0 Å². The number of hydrogen-bond acceptors (Lipinski definition) is 0. The van der Waals surface area contributed by atoms with Crippen LogP contribution in [0.25, 0.3) is 99.5 Å². The predicted octanol–water partition coefficient (Wildman–Crippen LogP) is 16.9. The topological polar surface area (TPSA) is 0 Å². The summed E-state index contributed by atoms with van der Waals surface area (Å²) in [5, 5.41) is 3.95. The van der Waals surface area contributed by atoms with Crippen molar-refractivity contribution in [2.45, 2.75) is 0 Å². The van der Waals surface area contributed by atoms with Gasteiger partial charge in [-0.25, -0.2) is 17.6 Å². The number of halogens is 4. The first-order valence-corrected chi connectivity index (χ1v) is 23.3. The normalized spacial score (nSPS) is 20.5. The van der Waals surface area contributed by atoms with Gasteiger partial charge in [0.1, 0.15) is 23.3 Å². The van der Waals surface area contributed by atoms with Crippen LogP contribution in [-0.4, -0.2) is 0 Å². The Labute approximate surface area is 389 Å². The van der Waals surface area contributed by atoms with Gasteiger partial charge in [0.2, 0.25) is 0 Å². The molecule has 0 N–H and O–H groups in total. The molecule has 0 aliphatic heterocycles. The molecule has 0 spiro atoms. The van der Waals surface area contributed by atoms with E-state index in [-0.39, 0.29) is 23.7 Å². The summed E-state index contributed by atoms with van der Waals surface area (Å²) in [5.41, 5.74) is 20.3. The summed E-state index contributed by atoms with van der Waals surface area (Å²) in [6.07, 6.45) is 21.9. The average molecular weight is 881 g/mol. The quantitative estimate of drug-likeness (QED) is 0.155. The van der Waals surface area contributed by atoms with Crippen molar-refractivity contribution in [3.8, 4) is 44.5 Å². The molecule has 7 aliphatic carbocycles. The van der Waals surface area contributed by atoms with Gasteiger partial charge < -0.3 is 0 Å². The second-order valence-corrected chi connectivity index (χ2v) is 19.0. The van der Waals surface area contributed by atoms with E-state index in [9.17, 15) is 0 Å². The zero-order valence-corrected chi connectivity index (χ0v) is 36.3. The first-order valence-electron chi connectivity index (χ1n) is 23.3. The molecule has 0 heterocycles. The Kier molecular flexibility index (Phi) is 7.69. The second-order valence-electron chi connectivity index (χ2n) is 19.0. The van der Waals surface area contributed by atoms with E-state index in [1.807, 2.05) is 0 Å². The summed E-state index contributed by atoms with van der Waals surface area (Å²) < 4.78 is 62.4. The lowest BCUT2D eigenvalue weighted by atomic mass is 9.72. The molecular weight excluding hydrogens is 845 g/mol. The maximum Gasteiger partial charge on any atom is 0.126 e. The van der Waals surface area contributed by atoms with E-state index in [2.05, 4.69) is 158 Å². The summed E-state index contributed by atoms with van der Waals surface area (Å²) in [6.45, 7) is 0. The van der Waals surface area contributed by atoms with Crippen LogP contribution in [0.2, 0.25) is 0 Å². The van der Waals surface area contributed by atoms with E-state index in [4.69, 9.17) is 0 Å². The molecule has 0 unspecified atom stereocenters. The Hall–Kier alpha value is -8.08. The predicted molar refractivity (Wildman–Crippen MR) is 270 cm³/mol. The smallest absolute Gasteiger partial charge is 0.126 e. The molecule has 0 aromatic heterocycles. The fourth-order valence-corrected chi connectivity index (χ4v) is 13.4. The molecule has 0 saturated carbocycles. The van der Waals surface area contributed by atoms with Crippen molar-refractivity contribution in [1.29, 1.82) is 0 Å². The lowest BCUT2D eigenvalue weighted by Crippen LogP contribution is -2.17. The van der Waals surface area contributed by atoms with E-state index >= 15 is 17.6 Å². The Morgan fingerprint density at radius 2 is 0.632 bits per heavy atom. The molecular formula is C64H36F4. The number of allylic oxidation sites excluding steroid dienone is 16. The highest BCUT2D eigenvalue weighted by atomic mass is 19.1. The Morgan fingerprint density at radius 3 is 1.06 bits per heavy atom. The average Bonchev–Trinajstić information content (AvgIpc) is 3.97. The van der Waals surface area contributed by atoms with Crippen LogP contribution in [0.15, 0.2) is 194 Å². The van der Waals surface area contributed by atoms with Gasteiger partial charge in [-0.15, -0.1) is 0 Å². The molecule has 0 amide bonds. The standard InChI is InChI=1S/C64H36F4/c65-38-25-36(26-39(66)29-38)57-52-31-50-44-21-23-48-60-49(64-56(35-13-5-2-6-14-35)43-18-8-7-17-42(43)55(63(48)64)34-11-3-1-4-12-34)24-22-45(59(44)60)51(50)32-53(52)58(37-27-40(67)30-41(68)28-37)62-47-20-10-16-33-15-9-19-46(54(33)47)61(57)62/h1-33,54,59-60H. The van der Waals surface area contributed by atoms with Gasteiger partial charge in [0.25, 0.3) is 0 Å². The van der Waals surface area contributed by atoms with E-state index in [0.717, 1.165) is 56.3 Å². The monoisotopic (exact) mass is 880 g/mol. The Morgan fingerprint density at radius 1 is 0.279 bits per heavy atom. The van der Waals surface area contributed by atoms with E-state index in [0.29, 0.717) is 22.3 Å². The molecule has 0 fully saturated rings. The Balaban J connectivity index is 1.06. The van der Waals surface area contributed by atoms with Crippen LogP contribution in [0.4, 0.5) is 17.6 Å².